The lowest BCUT2D eigenvalue weighted by molar-refractivity contribution is -0.134. The number of piperazine rings is 1. The number of carbonyl (C=O) groups is 2. The first-order chi connectivity index (χ1) is 14.9. The van der Waals surface area contributed by atoms with E-state index in [0.29, 0.717) is 24.6 Å². The highest BCUT2D eigenvalue weighted by atomic mass is 19.2. The second-order valence-corrected chi connectivity index (χ2v) is 7.16. The van der Waals surface area contributed by atoms with Gasteiger partial charge in [0.25, 0.3) is 0 Å². The Kier molecular flexibility index (Phi) is 7.41. The second-order valence-electron chi connectivity index (χ2n) is 7.16. The van der Waals surface area contributed by atoms with E-state index in [0.717, 1.165) is 11.6 Å². The van der Waals surface area contributed by atoms with Gasteiger partial charge in [-0.25, -0.2) is 8.78 Å². The SMILES string of the molecule is COc1ccc(CNC(=O)CC2C(=O)NCCN2Cc2cccc(F)c2F)cc1OC. The fourth-order valence-electron chi connectivity index (χ4n) is 3.50. The number of benzene rings is 2. The molecule has 1 heterocycles. The van der Waals surface area contributed by atoms with Gasteiger partial charge in [-0.15, -0.1) is 0 Å². The summed E-state index contributed by atoms with van der Waals surface area (Å²) in [5.74, 6) is -1.40. The monoisotopic (exact) mass is 433 g/mol. The summed E-state index contributed by atoms with van der Waals surface area (Å²) in [6.45, 7) is 1.07. The van der Waals surface area contributed by atoms with Crippen LogP contribution in [-0.2, 0) is 22.7 Å². The molecule has 1 saturated heterocycles. The number of methoxy groups -OCH3 is 2. The van der Waals surface area contributed by atoms with Crippen molar-refractivity contribution in [2.45, 2.75) is 25.6 Å². The molecule has 0 aliphatic carbocycles. The van der Waals surface area contributed by atoms with Gasteiger partial charge in [0.1, 0.15) is 0 Å². The van der Waals surface area contributed by atoms with Crippen molar-refractivity contribution in [1.82, 2.24) is 15.5 Å². The van der Waals surface area contributed by atoms with Crippen molar-refractivity contribution < 1.29 is 27.8 Å². The summed E-state index contributed by atoms with van der Waals surface area (Å²) in [6, 6.07) is 8.45. The number of hydrogen-bond donors (Lipinski definition) is 2. The highest BCUT2D eigenvalue weighted by molar-refractivity contribution is 5.88. The molecule has 31 heavy (non-hydrogen) atoms. The molecule has 1 fully saturated rings. The normalized spacial score (nSPS) is 16.5. The molecule has 1 unspecified atom stereocenters. The smallest absolute Gasteiger partial charge is 0.237 e. The van der Waals surface area contributed by atoms with Crippen molar-refractivity contribution in [3.63, 3.8) is 0 Å². The fourth-order valence-corrected chi connectivity index (χ4v) is 3.50. The Morgan fingerprint density at radius 3 is 2.71 bits per heavy atom. The maximum absolute atomic E-state index is 14.1. The molecule has 2 aromatic carbocycles. The second kappa shape index (κ2) is 10.2. The maximum atomic E-state index is 14.1. The molecule has 2 amide bonds. The number of amides is 2. The van der Waals surface area contributed by atoms with Crippen LogP contribution in [0.3, 0.4) is 0 Å². The van der Waals surface area contributed by atoms with Crippen molar-refractivity contribution in [3.8, 4) is 11.5 Å². The van der Waals surface area contributed by atoms with Crippen molar-refractivity contribution in [3.05, 3.63) is 59.2 Å². The van der Waals surface area contributed by atoms with Gasteiger partial charge in [0.2, 0.25) is 11.8 Å². The van der Waals surface area contributed by atoms with Gasteiger partial charge in [0, 0.05) is 31.7 Å². The van der Waals surface area contributed by atoms with E-state index in [2.05, 4.69) is 10.6 Å². The zero-order chi connectivity index (χ0) is 22.4. The lowest BCUT2D eigenvalue weighted by Crippen LogP contribution is -2.56. The highest BCUT2D eigenvalue weighted by Crippen LogP contribution is 2.27. The van der Waals surface area contributed by atoms with Gasteiger partial charge >= 0.3 is 0 Å². The molecule has 0 radical (unpaired) electrons. The van der Waals surface area contributed by atoms with Gasteiger partial charge in [-0.1, -0.05) is 18.2 Å². The van der Waals surface area contributed by atoms with Crippen molar-refractivity contribution in [2.75, 3.05) is 27.3 Å². The molecule has 3 rings (SSSR count). The van der Waals surface area contributed by atoms with Crippen LogP contribution in [0, 0.1) is 11.6 Å². The third kappa shape index (κ3) is 5.49. The van der Waals surface area contributed by atoms with E-state index in [4.69, 9.17) is 9.47 Å². The first-order valence-corrected chi connectivity index (χ1v) is 9.85. The lowest BCUT2D eigenvalue weighted by atomic mass is 10.1. The first kappa shape index (κ1) is 22.5. The van der Waals surface area contributed by atoms with Crippen molar-refractivity contribution >= 4 is 11.8 Å². The number of nitrogens with zero attached hydrogens (tertiary/aromatic N) is 1. The summed E-state index contributed by atoms with van der Waals surface area (Å²) in [6.07, 6.45) is -0.101. The average molecular weight is 433 g/mol. The van der Waals surface area contributed by atoms with Gasteiger partial charge in [-0.3, -0.25) is 14.5 Å². The Morgan fingerprint density at radius 2 is 1.97 bits per heavy atom. The van der Waals surface area contributed by atoms with Crippen LogP contribution in [0.2, 0.25) is 0 Å². The minimum absolute atomic E-state index is 0.0324. The number of hydrogen-bond acceptors (Lipinski definition) is 5. The van der Waals surface area contributed by atoms with E-state index >= 15 is 0 Å². The van der Waals surface area contributed by atoms with Crippen molar-refractivity contribution in [2.24, 2.45) is 0 Å². The van der Waals surface area contributed by atoms with Gasteiger partial charge in [0.15, 0.2) is 23.1 Å². The quantitative estimate of drug-likeness (QED) is 0.666. The van der Waals surface area contributed by atoms with Crippen molar-refractivity contribution in [1.29, 1.82) is 0 Å². The first-order valence-electron chi connectivity index (χ1n) is 9.85. The number of halogens is 2. The maximum Gasteiger partial charge on any atom is 0.237 e. The van der Waals surface area contributed by atoms with Crippen LogP contribution in [0.15, 0.2) is 36.4 Å². The lowest BCUT2D eigenvalue weighted by Gasteiger charge is -2.34. The molecule has 0 bridgehead atoms. The Hall–Kier alpha value is -3.20. The molecule has 1 aliphatic heterocycles. The largest absolute Gasteiger partial charge is 0.493 e. The van der Waals surface area contributed by atoms with Gasteiger partial charge in [-0.05, 0) is 23.8 Å². The summed E-state index contributed by atoms with van der Waals surface area (Å²) in [7, 11) is 3.06. The third-order valence-electron chi connectivity index (χ3n) is 5.16. The van der Waals surface area contributed by atoms with Crippen LogP contribution in [0.25, 0.3) is 0 Å². The van der Waals surface area contributed by atoms with E-state index in [1.807, 2.05) is 0 Å². The molecule has 0 saturated carbocycles. The summed E-state index contributed by atoms with van der Waals surface area (Å²) in [4.78, 5) is 26.6. The molecule has 1 atom stereocenters. The predicted molar refractivity (Wildman–Crippen MR) is 110 cm³/mol. The topological polar surface area (TPSA) is 79.9 Å². The zero-order valence-electron chi connectivity index (χ0n) is 17.4. The summed E-state index contributed by atoms with van der Waals surface area (Å²) in [5.41, 5.74) is 0.947. The Labute approximate surface area is 179 Å². The number of rotatable bonds is 8. The molecule has 166 valence electrons. The number of nitrogens with one attached hydrogen (secondary N) is 2. The highest BCUT2D eigenvalue weighted by Gasteiger charge is 2.32. The summed E-state index contributed by atoms with van der Waals surface area (Å²) >= 11 is 0. The molecule has 0 spiro atoms. The molecule has 7 nitrogen and oxygen atoms in total. The third-order valence-corrected chi connectivity index (χ3v) is 5.16. The minimum atomic E-state index is -0.942. The number of ether oxygens (including phenoxy) is 2. The number of carbonyl (C=O) groups excluding carboxylic acids is 2. The predicted octanol–water partition coefficient (Wildman–Crippen LogP) is 1.99. The molecule has 2 aromatic rings. The molecule has 0 aromatic heterocycles. The van der Waals surface area contributed by atoms with E-state index in [-0.39, 0.29) is 36.9 Å². The van der Waals surface area contributed by atoms with Crippen LogP contribution in [0.5, 0.6) is 11.5 Å². The van der Waals surface area contributed by atoms with Crippen LogP contribution in [-0.4, -0.2) is 50.1 Å². The Bertz CT molecular complexity index is 954. The molecule has 1 aliphatic rings. The van der Waals surface area contributed by atoms with Crippen LogP contribution in [0.1, 0.15) is 17.5 Å². The molecular weight excluding hydrogens is 408 g/mol. The average Bonchev–Trinajstić information content (AvgIpc) is 2.77. The van der Waals surface area contributed by atoms with Gasteiger partial charge in [0.05, 0.1) is 26.7 Å². The van der Waals surface area contributed by atoms with Gasteiger partial charge < -0.3 is 20.1 Å². The molecule has 9 heteroatoms. The van der Waals surface area contributed by atoms with E-state index in [1.165, 1.54) is 26.4 Å². The fraction of sp³-hybridized carbons (Fsp3) is 0.364. The minimum Gasteiger partial charge on any atom is -0.493 e. The Morgan fingerprint density at radius 1 is 1.19 bits per heavy atom. The van der Waals surface area contributed by atoms with E-state index in [9.17, 15) is 18.4 Å². The summed E-state index contributed by atoms with van der Waals surface area (Å²) < 4.78 is 38.0. The standard InChI is InChI=1S/C22H25F2N3O4/c1-30-18-7-6-14(10-19(18)31-2)12-26-20(28)11-17-22(29)25-8-9-27(17)13-15-4-3-5-16(23)21(15)24/h3-7,10,17H,8-9,11-13H2,1-2H3,(H,25,29)(H,26,28). The van der Waals surface area contributed by atoms with E-state index in [1.54, 1.807) is 23.1 Å². The van der Waals surface area contributed by atoms with Gasteiger partial charge in [-0.2, -0.15) is 0 Å². The van der Waals surface area contributed by atoms with Crippen LogP contribution >= 0.6 is 0 Å². The molecular formula is C22H25F2N3O4. The zero-order valence-corrected chi connectivity index (χ0v) is 17.4. The van der Waals surface area contributed by atoms with Crippen LogP contribution < -0.4 is 20.1 Å². The summed E-state index contributed by atoms with van der Waals surface area (Å²) in [5, 5.41) is 5.51. The van der Waals surface area contributed by atoms with E-state index < -0.39 is 17.7 Å². The Balaban J connectivity index is 1.63. The van der Waals surface area contributed by atoms with Crippen LogP contribution in [0.4, 0.5) is 8.78 Å². The molecule has 2 N–H and O–H groups in total.